The molecule has 0 aliphatic carbocycles. The molecule has 3 amide bonds. The van der Waals surface area contributed by atoms with Crippen molar-refractivity contribution in [3.05, 3.63) is 29.8 Å². The summed E-state index contributed by atoms with van der Waals surface area (Å²) >= 11 is 0. The molecule has 1 aromatic rings. The maximum atomic E-state index is 14.2. The lowest BCUT2D eigenvalue weighted by atomic mass is 9.90. The van der Waals surface area contributed by atoms with Gasteiger partial charge >= 0.3 is 6.09 Å². The number of aromatic hydroxyl groups is 1. The van der Waals surface area contributed by atoms with Crippen LogP contribution in [-0.4, -0.2) is 51.1 Å². The third-order valence-electron chi connectivity index (χ3n) is 5.60. The Morgan fingerprint density at radius 2 is 1.51 bits per heavy atom. The molecule has 8 heteroatoms. The number of hydrogen-bond acceptors (Lipinski definition) is 5. The average Bonchev–Trinajstić information content (AvgIpc) is 2.69. The fourth-order valence-corrected chi connectivity index (χ4v) is 3.69. The Kier molecular flexibility index (Phi) is 10.6. The molecule has 0 saturated heterocycles. The lowest BCUT2D eigenvalue weighted by Gasteiger charge is -2.45. The van der Waals surface area contributed by atoms with E-state index in [0.717, 1.165) is 0 Å². The van der Waals surface area contributed by atoms with Gasteiger partial charge in [-0.05, 0) is 84.9 Å². The van der Waals surface area contributed by atoms with Crippen LogP contribution in [0.2, 0.25) is 0 Å². The van der Waals surface area contributed by atoms with Crippen LogP contribution in [0.3, 0.4) is 0 Å². The first-order valence-electron chi connectivity index (χ1n) is 12.4. The number of carbonyl (C=O) groups is 3. The molecular weight excluding hydrogens is 446 g/mol. The standard InChI is InChI=1S/C27H45N3O5/c1-11-27(9,10)30(22(23(32)28-18(4)5)19-12-14-20(31)15-13-19)24(33)21(16-17(2)3)29-25(34)35-26(6,7)8/h12-15,17-18,21-22,31H,11,16H2,1-10H3,(H,28,32)(H,29,34). The number of phenolic OH excluding ortho intramolecular Hbond substituents is 1. The van der Waals surface area contributed by atoms with Crippen LogP contribution in [0.4, 0.5) is 4.79 Å². The molecule has 8 nitrogen and oxygen atoms in total. The summed E-state index contributed by atoms with van der Waals surface area (Å²) in [5, 5.41) is 15.5. The zero-order valence-electron chi connectivity index (χ0n) is 23.1. The molecule has 0 aromatic heterocycles. The number of hydrogen-bond donors (Lipinski definition) is 3. The predicted octanol–water partition coefficient (Wildman–Crippen LogP) is 4.91. The largest absolute Gasteiger partial charge is 0.508 e. The number of alkyl carbamates (subject to hydrolysis) is 1. The normalized spacial score (nSPS) is 13.8. The van der Waals surface area contributed by atoms with Gasteiger partial charge in [0, 0.05) is 11.6 Å². The fourth-order valence-electron chi connectivity index (χ4n) is 3.69. The van der Waals surface area contributed by atoms with E-state index in [2.05, 4.69) is 10.6 Å². The van der Waals surface area contributed by atoms with Gasteiger partial charge in [-0.15, -0.1) is 0 Å². The molecule has 0 radical (unpaired) electrons. The van der Waals surface area contributed by atoms with E-state index >= 15 is 0 Å². The van der Waals surface area contributed by atoms with Crippen molar-refractivity contribution in [2.24, 2.45) is 5.92 Å². The molecule has 0 spiro atoms. The molecule has 0 heterocycles. The van der Waals surface area contributed by atoms with Crippen molar-refractivity contribution in [2.45, 2.75) is 111 Å². The van der Waals surface area contributed by atoms with Gasteiger partial charge in [0.1, 0.15) is 23.4 Å². The van der Waals surface area contributed by atoms with E-state index in [1.807, 2.05) is 48.5 Å². The van der Waals surface area contributed by atoms with E-state index in [-0.39, 0.29) is 29.5 Å². The summed E-state index contributed by atoms with van der Waals surface area (Å²) in [5.74, 6) is -0.537. The van der Waals surface area contributed by atoms with Gasteiger partial charge in [-0.25, -0.2) is 4.79 Å². The summed E-state index contributed by atoms with van der Waals surface area (Å²) in [6, 6.07) is 4.29. The molecule has 198 valence electrons. The van der Waals surface area contributed by atoms with Crippen molar-refractivity contribution in [2.75, 3.05) is 0 Å². The maximum absolute atomic E-state index is 14.2. The van der Waals surface area contributed by atoms with Crippen LogP contribution in [0.15, 0.2) is 24.3 Å². The summed E-state index contributed by atoms with van der Waals surface area (Å²) in [5.41, 5.74) is -0.876. The Morgan fingerprint density at radius 1 is 0.971 bits per heavy atom. The molecule has 2 unspecified atom stereocenters. The highest BCUT2D eigenvalue weighted by Gasteiger charge is 2.43. The zero-order chi connectivity index (χ0) is 27.1. The number of nitrogens with zero attached hydrogens (tertiary/aromatic N) is 1. The molecule has 0 bridgehead atoms. The summed E-state index contributed by atoms with van der Waals surface area (Å²) in [6.07, 6.45) is 0.268. The minimum atomic E-state index is -0.962. The predicted molar refractivity (Wildman–Crippen MR) is 138 cm³/mol. The van der Waals surface area contributed by atoms with E-state index in [4.69, 9.17) is 4.74 Å². The zero-order valence-corrected chi connectivity index (χ0v) is 23.1. The van der Waals surface area contributed by atoms with Crippen LogP contribution >= 0.6 is 0 Å². The minimum absolute atomic E-state index is 0.0636. The number of amides is 3. The van der Waals surface area contributed by atoms with Gasteiger partial charge in [0.15, 0.2) is 0 Å². The summed E-state index contributed by atoms with van der Waals surface area (Å²) < 4.78 is 5.42. The maximum Gasteiger partial charge on any atom is 0.408 e. The van der Waals surface area contributed by atoms with Crippen molar-refractivity contribution in [3.63, 3.8) is 0 Å². The SMILES string of the molecule is CCC(C)(C)N(C(=O)C(CC(C)C)NC(=O)OC(C)(C)C)C(C(=O)NC(C)C)c1ccc(O)cc1. The fraction of sp³-hybridized carbons (Fsp3) is 0.667. The van der Waals surface area contributed by atoms with E-state index in [0.29, 0.717) is 18.4 Å². The Balaban J connectivity index is 3.61. The van der Waals surface area contributed by atoms with Crippen LogP contribution in [0.1, 0.15) is 93.7 Å². The van der Waals surface area contributed by atoms with Gasteiger partial charge in [-0.1, -0.05) is 32.9 Å². The topological polar surface area (TPSA) is 108 Å². The number of rotatable bonds is 10. The van der Waals surface area contributed by atoms with Gasteiger partial charge in [0.05, 0.1) is 0 Å². The minimum Gasteiger partial charge on any atom is -0.508 e. The first-order chi connectivity index (χ1) is 16.0. The third kappa shape index (κ3) is 9.42. The lowest BCUT2D eigenvalue weighted by Crippen LogP contribution is -2.59. The van der Waals surface area contributed by atoms with Crippen LogP contribution in [0.25, 0.3) is 0 Å². The van der Waals surface area contributed by atoms with E-state index in [1.165, 1.54) is 12.1 Å². The molecule has 2 atom stereocenters. The smallest absolute Gasteiger partial charge is 0.408 e. The molecule has 1 rings (SSSR count). The van der Waals surface area contributed by atoms with Crippen LogP contribution in [0.5, 0.6) is 5.75 Å². The Hall–Kier alpha value is -2.77. The van der Waals surface area contributed by atoms with Gasteiger partial charge < -0.3 is 25.4 Å². The molecule has 0 fully saturated rings. The molecule has 0 aliphatic rings. The highest BCUT2D eigenvalue weighted by molar-refractivity contribution is 5.92. The van der Waals surface area contributed by atoms with Crippen molar-refractivity contribution < 1.29 is 24.2 Å². The lowest BCUT2D eigenvalue weighted by molar-refractivity contribution is -0.149. The first-order valence-corrected chi connectivity index (χ1v) is 12.4. The molecule has 3 N–H and O–H groups in total. The average molecular weight is 492 g/mol. The van der Waals surface area contributed by atoms with Gasteiger partial charge in [0.25, 0.3) is 0 Å². The van der Waals surface area contributed by atoms with Crippen LogP contribution in [-0.2, 0) is 14.3 Å². The second-order valence-corrected chi connectivity index (χ2v) is 11.4. The Bertz CT molecular complexity index is 857. The summed E-state index contributed by atoms with van der Waals surface area (Å²) in [6.45, 7) is 18.7. The first kappa shape index (κ1) is 30.3. The van der Waals surface area contributed by atoms with Gasteiger partial charge in [-0.3, -0.25) is 9.59 Å². The van der Waals surface area contributed by atoms with Crippen molar-refractivity contribution in [1.82, 2.24) is 15.5 Å². The second-order valence-electron chi connectivity index (χ2n) is 11.4. The number of benzene rings is 1. The molecule has 0 aliphatic heterocycles. The molecular formula is C27H45N3O5. The molecule has 35 heavy (non-hydrogen) atoms. The van der Waals surface area contributed by atoms with Gasteiger partial charge in [0.2, 0.25) is 11.8 Å². The van der Waals surface area contributed by atoms with Crippen molar-refractivity contribution >= 4 is 17.9 Å². The Labute approximate surface area is 210 Å². The quantitative estimate of drug-likeness (QED) is 0.431. The monoisotopic (exact) mass is 491 g/mol. The van der Waals surface area contributed by atoms with Gasteiger partial charge in [-0.2, -0.15) is 0 Å². The highest BCUT2D eigenvalue weighted by atomic mass is 16.6. The Morgan fingerprint density at radius 3 is 1.94 bits per heavy atom. The van der Waals surface area contributed by atoms with E-state index in [9.17, 15) is 19.5 Å². The number of nitrogens with one attached hydrogen (secondary N) is 2. The van der Waals surface area contributed by atoms with Crippen LogP contribution in [0, 0.1) is 5.92 Å². The van der Waals surface area contributed by atoms with E-state index in [1.54, 1.807) is 37.8 Å². The number of phenols is 1. The van der Waals surface area contributed by atoms with Crippen molar-refractivity contribution in [1.29, 1.82) is 0 Å². The second kappa shape index (κ2) is 12.3. The third-order valence-corrected chi connectivity index (χ3v) is 5.60. The number of ether oxygens (including phenoxy) is 1. The number of carbonyl (C=O) groups excluding carboxylic acids is 3. The molecule has 1 aromatic carbocycles. The summed E-state index contributed by atoms with van der Waals surface area (Å²) in [7, 11) is 0. The summed E-state index contributed by atoms with van der Waals surface area (Å²) in [4.78, 5) is 41.9. The highest BCUT2D eigenvalue weighted by Crippen LogP contribution is 2.33. The van der Waals surface area contributed by atoms with E-state index < -0.39 is 29.3 Å². The molecule has 0 saturated carbocycles. The van der Waals surface area contributed by atoms with Crippen molar-refractivity contribution in [3.8, 4) is 5.75 Å². The van der Waals surface area contributed by atoms with Crippen LogP contribution < -0.4 is 10.6 Å².